The summed E-state index contributed by atoms with van der Waals surface area (Å²) in [6, 6.07) is 8.17. The standard InChI is InChI=1S/C17H23NO4S/c1-17(2,3)16-18(14(19)12-8-6-5-7-9-12)13(15(20)22-16)10-11-23(4)21/h5-9,13,16H,10-11H2,1-4H3/t13-,16+,23-/m0/s1. The molecule has 0 aromatic heterocycles. The van der Waals surface area contributed by atoms with Gasteiger partial charge in [0.2, 0.25) is 0 Å². The van der Waals surface area contributed by atoms with Gasteiger partial charge in [-0.3, -0.25) is 13.9 Å². The smallest absolute Gasteiger partial charge is 0.330 e. The maximum Gasteiger partial charge on any atom is 0.330 e. The number of benzene rings is 1. The summed E-state index contributed by atoms with van der Waals surface area (Å²) >= 11 is 0. The minimum absolute atomic E-state index is 0.233. The van der Waals surface area contributed by atoms with Crippen LogP contribution in [0.3, 0.4) is 0 Å². The number of amides is 1. The lowest BCUT2D eigenvalue weighted by molar-refractivity contribution is -0.147. The molecule has 126 valence electrons. The van der Waals surface area contributed by atoms with E-state index in [2.05, 4.69) is 0 Å². The number of hydrogen-bond acceptors (Lipinski definition) is 4. The molecule has 1 aliphatic rings. The topological polar surface area (TPSA) is 63.7 Å². The zero-order chi connectivity index (χ0) is 17.2. The lowest BCUT2D eigenvalue weighted by atomic mass is 9.92. The summed E-state index contributed by atoms with van der Waals surface area (Å²) < 4.78 is 16.9. The van der Waals surface area contributed by atoms with E-state index in [1.54, 1.807) is 30.5 Å². The first-order valence-electron chi connectivity index (χ1n) is 7.60. The van der Waals surface area contributed by atoms with Crippen molar-refractivity contribution in [3.05, 3.63) is 35.9 Å². The summed E-state index contributed by atoms with van der Waals surface area (Å²) in [6.45, 7) is 5.78. The molecule has 1 aromatic carbocycles. The summed E-state index contributed by atoms with van der Waals surface area (Å²) in [5, 5.41) is 0. The van der Waals surface area contributed by atoms with E-state index in [-0.39, 0.29) is 5.91 Å². The fraction of sp³-hybridized carbons (Fsp3) is 0.529. The van der Waals surface area contributed by atoms with Crippen LogP contribution in [-0.2, 0) is 20.3 Å². The molecule has 0 saturated carbocycles. The maximum atomic E-state index is 12.9. The Morgan fingerprint density at radius 1 is 1.26 bits per heavy atom. The second kappa shape index (κ2) is 6.83. The van der Waals surface area contributed by atoms with Gasteiger partial charge in [-0.05, 0) is 18.6 Å². The highest BCUT2D eigenvalue weighted by atomic mass is 32.2. The second-order valence-electron chi connectivity index (χ2n) is 6.82. The fourth-order valence-electron chi connectivity index (χ4n) is 2.63. The summed E-state index contributed by atoms with van der Waals surface area (Å²) in [4.78, 5) is 26.7. The van der Waals surface area contributed by atoms with Gasteiger partial charge in [-0.2, -0.15) is 0 Å². The first kappa shape index (κ1) is 17.7. The highest BCUT2D eigenvalue weighted by Crippen LogP contribution is 2.34. The van der Waals surface area contributed by atoms with Gasteiger partial charge in [-0.1, -0.05) is 39.0 Å². The highest BCUT2D eigenvalue weighted by Gasteiger charge is 2.49. The molecule has 23 heavy (non-hydrogen) atoms. The molecule has 1 amide bonds. The molecule has 0 spiro atoms. The zero-order valence-corrected chi connectivity index (χ0v) is 14.8. The average molecular weight is 337 g/mol. The van der Waals surface area contributed by atoms with Crippen LogP contribution in [0.2, 0.25) is 0 Å². The molecule has 2 rings (SSSR count). The van der Waals surface area contributed by atoms with E-state index in [0.717, 1.165) is 0 Å². The number of carbonyl (C=O) groups excluding carboxylic acids is 2. The Morgan fingerprint density at radius 3 is 2.39 bits per heavy atom. The Kier molecular flexibility index (Phi) is 5.24. The van der Waals surface area contributed by atoms with E-state index in [9.17, 15) is 13.8 Å². The molecule has 1 saturated heterocycles. The number of esters is 1. The van der Waals surface area contributed by atoms with E-state index in [0.29, 0.717) is 17.7 Å². The summed E-state index contributed by atoms with van der Waals surface area (Å²) in [6.07, 6.45) is 1.30. The van der Waals surface area contributed by atoms with Crippen molar-refractivity contribution in [1.82, 2.24) is 4.90 Å². The van der Waals surface area contributed by atoms with E-state index in [1.165, 1.54) is 4.90 Å². The van der Waals surface area contributed by atoms with Crippen molar-refractivity contribution in [2.24, 2.45) is 5.41 Å². The third kappa shape index (κ3) is 3.99. The van der Waals surface area contributed by atoms with Gasteiger partial charge >= 0.3 is 5.97 Å². The Labute approximate surface area is 139 Å². The van der Waals surface area contributed by atoms with Crippen LogP contribution in [0.5, 0.6) is 0 Å². The Bertz CT molecular complexity index is 609. The third-order valence-corrected chi connectivity index (χ3v) is 4.57. The molecular formula is C17H23NO4S. The largest absolute Gasteiger partial charge is 0.439 e. The number of cyclic esters (lactones) is 1. The van der Waals surface area contributed by atoms with Crippen LogP contribution in [0.15, 0.2) is 30.3 Å². The quantitative estimate of drug-likeness (QED) is 0.790. The minimum Gasteiger partial charge on any atom is -0.439 e. The van der Waals surface area contributed by atoms with Crippen LogP contribution in [0.1, 0.15) is 37.6 Å². The Hall–Kier alpha value is -1.69. The molecule has 1 aromatic rings. The highest BCUT2D eigenvalue weighted by molar-refractivity contribution is 7.84. The lowest BCUT2D eigenvalue weighted by Crippen LogP contribution is -2.48. The predicted octanol–water partition coefficient (Wildman–Crippen LogP) is 2.19. The van der Waals surface area contributed by atoms with Crippen LogP contribution >= 0.6 is 0 Å². The van der Waals surface area contributed by atoms with Crippen molar-refractivity contribution in [3.63, 3.8) is 0 Å². The van der Waals surface area contributed by atoms with Gasteiger partial charge in [0, 0.05) is 33.8 Å². The molecule has 1 fully saturated rings. The van der Waals surface area contributed by atoms with Crippen molar-refractivity contribution in [1.29, 1.82) is 0 Å². The fourth-order valence-corrected chi connectivity index (χ4v) is 3.18. The van der Waals surface area contributed by atoms with Crippen LogP contribution in [-0.4, -0.2) is 45.3 Å². The first-order valence-corrected chi connectivity index (χ1v) is 9.33. The van der Waals surface area contributed by atoms with Gasteiger partial charge in [0.25, 0.3) is 5.91 Å². The van der Waals surface area contributed by atoms with E-state index >= 15 is 0 Å². The second-order valence-corrected chi connectivity index (χ2v) is 8.37. The number of hydrogen-bond donors (Lipinski definition) is 0. The molecule has 0 N–H and O–H groups in total. The summed E-state index contributed by atoms with van der Waals surface area (Å²) in [5.74, 6) is -0.294. The normalized spacial score (nSPS) is 22.8. The van der Waals surface area contributed by atoms with Crippen LogP contribution in [0.4, 0.5) is 0 Å². The van der Waals surface area contributed by atoms with Gasteiger partial charge in [-0.25, -0.2) is 4.79 Å². The Balaban J connectivity index is 2.35. The number of nitrogens with zero attached hydrogens (tertiary/aromatic N) is 1. The molecule has 0 bridgehead atoms. The molecule has 6 heteroatoms. The molecule has 1 heterocycles. The minimum atomic E-state index is -1.03. The van der Waals surface area contributed by atoms with Crippen molar-refractivity contribution >= 4 is 22.7 Å². The van der Waals surface area contributed by atoms with Crippen molar-refractivity contribution in [2.45, 2.75) is 39.5 Å². The third-order valence-electron chi connectivity index (χ3n) is 3.76. The van der Waals surface area contributed by atoms with Crippen LogP contribution in [0.25, 0.3) is 0 Å². The van der Waals surface area contributed by atoms with Crippen molar-refractivity contribution < 1.29 is 18.5 Å². The predicted molar refractivity (Wildman–Crippen MR) is 89.3 cm³/mol. The summed E-state index contributed by atoms with van der Waals surface area (Å²) in [7, 11) is -1.03. The van der Waals surface area contributed by atoms with E-state index in [4.69, 9.17) is 4.74 Å². The SMILES string of the molecule is C[S@](=O)CC[C@H]1C(=O)O[C@H](C(C)(C)C)N1C(=O)c1ccccc1. The van der Waals surface area contributed by atoms with E-state index in [1.807, 2.05) is 26.8 Å². The zero-order valence-electron chi connectivity index (χ0n) is 13.9. The molecule has 5 nitrogen and oxygen atoms in total. The summed E-state index contributed by atoms with van der Waals surface area (Å²) in [5.41, 5.74) is 0.114. The van der Waals surface area contributed by atoms with Crippen LogP contribution in [0, 0.1) is 5.41 Å². The molecule has 0 unspecified atom stereocenters. The molecular weight excluding hydrogens is 314 g/mol. The molecule has 0 radical (unpaired) electrons. The van der Waals surface area contributed by atoms with Gasteiger partial charge in [0.05, 0.1) is 0 Å². The average Bonchev–Trinajstić information content (AvgIpc) is 2.82. The molecule has 0 aliphatic carbocycles. The number of ether oxygens (including phenoxy) is 1. The van der Waals surface area contributed by atoms with Gasteiger partial charge < -0.3 is 4.74 Å². The van der Waals surface area contributed by atoms with Gasteiger partial charge in [0.15, 0.2) is 6.23 Å². The number of carbonyl (C=O) groups is 2. The first-order chi connectivity index (χ1) is 10.7. The number of rotatable bonds is 4. The van der Waals surface area contributed by atoms with E-state index < -0.39 is 34.5 Å². The molecule has 1 aliphatic heterocycles. The van der Waals surface area contributed by atoms with Gasteiger partial charge in [0.1, 0.15) is 6.04 Å². The maximum absolute atomic E-state index is 12.9. The van der Waals surface area contributed by atoms with Crippen molar-refractivity contribution in [2.75, 3.05) is 12.0 Å². The Morgan fingerprint density at radius 2 is 1.87 bits per heavy atom. The monoisotopic (exact) mass is 337 g/mol. The van der Waals surface area contributed by atoms with Crippen LogP contribution < -0.4 is 0 Å². The molecule has 3 atom stereocenters. The lowest BCUT2D eigenvalue weighted by Gasteiger charge is -2.34. The van der Waals surface area contributed by atoms with Gasteiger partial charge in [-0.15, -0.1) is 0 Å². The van der Waals surface area contributed by atoms with Crippen molar-refractivity contribution in [3.8, 4) is 0 Å².